The van der Waals surface area contributed by atoms with Crippen molar-refractivity contribution in [1.29, 1.82) is 0 Å². The molecule has 6 fully saturated rings. The molecule has 1 spiro atoms. The Morgan fingerprint density at radius 3 is 2.60 bits per heavy atom. The molecule has 3 heteroatoms. The highest BCUT2D eigenvalue weighted by Gasteiger charge is 2.69. The minimum absolute atomic E-state index is 0.0592. The van der Waals surface area contributed by atoms with E-state index in [-0.39, 0.29) is 23.9 Å². The van der Waals surface area contributed by atoms with Gasteiger partial charge in [-0.3, -0.25) is 0 Å². The number of hydrogen-bond acceptors (Lipinski definition) is 3. The highest BCUT2D eigenvalue weighted by atomic mass is 16.7. The Kier molecular flexibility index (Phi) is 3.50. The predicted octanol–water partition coefficient (Wildman–Crippen LogP) is 5.79. The monoisotopic (exact) mass is 421 g/mol. The first-order valence-corrected chi connectivity index (χ1v) is 12.6. The Morgan fingerprint density at radius 2 is 1.83 bits per heavy atom. The third kappa shape index (κ3) is 2.61. The van der Waals surface area contributed by atoms with Crippen molar-refractivity contribution in [1.82, 2.24) is 0 Å². The van der Waals surface area contributed by atoms with Crippen molar-refractivity contribution in [3.63, 3.8) is 0 Å². The first kappa shape index (κ1) is 15.7. The van der Waals surface area contributed by atoms with Crippen LogP contribution in [0.1, 0.15) is 98.7 Å². The third-order valence-electron chi connectivity index (χ3n) is 11.1. The molecule has 6 aliphatic rings. The van der Waals surface area contributed by atoms with Gasteiger partial charge in [0.05, 0.1) is 20.2 Å². The van der Waals surface area contributed by atoms with Crippen LogP contribution >= 0.6 is 0 Å². The van der Waals surface area contributed by atoms with Crippen LogP contribution in [0, 0.1) is 52.3 Å². The molecule has 0 bridgehead atoms. The van der Waals surface area contributed by atoms with E-state index < -0.39 is 35.9 Å². The number of aliphatic hydroxyl groups is 1. The van der Waals surface area contributed by atoms with E-state index in [0.29, 0.717) is 36.0 Å². The summed E-state index contributed by atoms with van der Waals surface area (Å²) in [5.74, 6) is 1.62. The van der Waals surface area contributed by atoms with Gasteiger partial charge in [-0.25, -0.2) is 0 Å². The molecule has 30 heavy (non-hydrogen) atoms. The van der Waals surface area contributed by atoms with Crippen LogP contribution in [0.4, 0.5) is 0 Å². The zero-order chi connectivity index (χ0) is 25.4. The summed E-state index contributed by atoms with van der Waals surface area (Å²) >= 11 is 0. The Morgan fingerprint density at radius 1 is 1.00 bits per heavy atom. The molecule has 0 unspecified atom stereocenters. The third-order valence-corrected chi connectivity index (χ3v) is 11.1. The fourth-order valence-electron chi connectivity index (χ4n) is 9.45. The van der Waals surface area contributed by atoms with E-state index in [9.17, 15) is 5.11 Å². The van der Waals surface area contributed by atoms with Gasteiger partial charge < -0.3 is 14.6 Å². The minimum Gasteiger partial charge on any atom is -0.393 e. The predicted molar refractivity (Wildman–Crippen MR) is 118 cm³/mol. The first-order valence-electron chi connectivity index (χ1n) is 15.1. The smallest absolute Gasteiger partial charge is 0.171 e. The van der Waals surface area contributed by atoms with E-state index in [0.717, 1.165) is 45.1 Å². The van der Waals surface area contributed by atoms with Crippen LogP contribution in [0.25, 0.3) is 0 Å². The first-order chi connectivity index (χ1) is 16.1. The second-order valence-electron chi connectivity index (χ2n) is 12.4. The van der Waals surface area contributed by atoms with Crippen LogP contribution in [0.15, 0.2) is 0 Å². The Labute approximate surface area is 190 Å². The van der Waals surface area contributed by atoms with Crippen molar-refractivity contribution in [3.05, 3.63) is 0 Å². The average Bonchev–Trinajstić information content (AvgIpc) is 3.19. The van der Waals surface area contributed by atoms with Gasteiger partial charge >= 0.3 is 0 Å². The van der Waals surface area contributed by atoms with Crippen LogP contribution in [-0.4, -0.2) is 29.7 Å². The lowest BCUT2D eigenvalue weighted by molar-refractivity contribution is -0.273. The molecule has 2 heterocycles. The van der Waals surface area contributed by atoms with Crippen LogP contribution in [0.2, 0.25) is 0 Å². The Balaban J connectivity index is 1.30. The quantitative estimate of drug-likeness (QED) is 0.538. The summed E-state index contributed by atoms with van der Waals surface area (Å²) in [7, 11) is 0. The second-order valence-corrected chi connectivity index (χ2v) is 12.4. The number of rotatable bonds is 0. The van der Waals surface area contributed by atoms with Gasteiger partial charge in [-0.1, -0.05) is 27.7 Å². The van der Waals surface area contributed by atoms with Crippen molar-refractivity contribution in [2.45, 2.75) is 110 Å². The van der Waals surface area contributed by atoms with Crippen LogP contribution in [0.3, 0.4) is 0 Å². The molecule has 0 aromatic heterocycles. The standard InChI is InChI=1S/C27H44O3/c1-16-7-12-27(29-15-16)17(2)24-23(30-27)14-22-20-6-5-18-13-19(28)8-10-25(18,3)21(20)9-11-26(22,24)4/h16-24,28H,5-15H2,1-4H3/t16-,17-,18+,19+,20+,21-,22-,23-,24-,25-,26-,27+/m0/s1/i8D2,13D2,19D. The maximum Gasteiger partial charge on any atom is 0.171 e. The molecule has 0 aromatic rings. The van der Waals surface area contributed by atoms with Gasteiger partial charge in [-0.05, 0) is 104 Å². The number of fused-ring (bicyclic) bond motifs is 7. The summed E-state index contributed by atoms with van der Waals surface area (Å²) < 4.78 is 56.1. The largest absolute Gasteiger partial charge is 0.393 e. The molecule has 3 nitrogen and oxygen atoms in total. The van der Waals surface area contributed by atoms with Gasteiger partial charge in [0.25, 0.3) is 0 Å². The molecule has 1 N–H and O–H groups in total. The summed E-state index contributed by atoms with van der Waals surface area (Å²) in [4.78, 5) is 0. The molecular formula is C27H44O3. The van der Waals surface area contributed by atoms with E-state index in [1.54, 1.807) is 0 Å². The molecule has 12 atom stereocenters. The molecule has 0 amide bonds. The van der Waals surface area contributed by atoms with Crippen molar-refractivity contribution in [3.8, 4) is 0 Å². The maximum absolute atomic E-state index is 10.7. The van der Waals surface area contributed by atoms with Gasteiger partial charge in [-0.2, -0.15) is 0 Å². The lowest BCUT2D eigenvalue weighted by atomic mass is 9.44. The average molecular weight is 422 g/mol. The van der Waals surface area contributed by atoms with Crippen molar-refractivity contribution >= 4 is 0 Å². The van der Waals surface area contributed by atoms with Crippen molar-refractivity contribution < 1.29 is 21.4 Å². The maximum atomic E-state index is 10.7. The van der Waals surface area contributed by atoms with Crippen LogP contribution < -0.4 is 0 Å². The minimum atomic E-state index is -2.72. The fraction of sp³-hybridized carbons (Fsp3) is 1.00. The Bertz CT molecular complexity index is 886. The van der Waals surface area contributed by atoms with Crippen LogP contribution in [-0.2, 0) is 9.47 Å². The van der Waals surface area contributed by atoms with Gasteiger partial charge in [0.15, 0.2) is 5.79 Å². The summed E-state index contributed by atoms with van der Waals surface area (Å²) in [6, 6.07) is 0. The van der Waals surface area contributed by atoms with Crippen molar-refractivity contribution in [2.24, 2.45) is 52.3 Å². The summed E-state index contributed by atoms with van der Waals surface area (Å²) in [6.07, 6.45) is -0.317. The summed E-state index contributed by atoms with van der Waals surface area (Å²) in [5.41, 5.74) is -0.397. The SMILES string of the molecule is [2H]C1([2H])C[C@@]2(C)[C@H](CC[C@@H]3[C@@H]2CC[C@]2(C)[C@@H]4[C@H](C[C@@H]32)O[C@]2(CC[C@H](C)CO2)[C@H]4C)C([2H])([2H])[C@]1([2H])O. The van der Waals surface area contributed by atoms with E-state index in [1.807, 2.05) is 0 Å². The molecule has 2 aliphatic heterocycles. The summed E-state index contributed by atoms with van der Waals surface area (Å²) in [6.45, 7) is 9.92. The zero-order valence-corrected chi connectivity index (χ0v) is 19.2. The fourth-order valence-corrected chi connectivity index (χ4v) is 9.45. The molecule has 0 radical (unpaired) electrons. The zero-order valence-electron chi connectivity index (χ0n) is 24.2. The normalized spacial score (nSPS) is 70.8. The van der Waals surface area contributed by atoms with Gasteiger partial charge in [0.1, 0.15) is 0 Å². The molecular weight excluding hydrogens is 372 g/mol. The van der Waals surface area contributed by atoms with Gasteiger partial charge in [-0.15, -0.1) is 0 Å². The van der Waals surface area contributed by atoms with E-state index in [2.05, 4.69) is 27.7 Å². The van der Waals surface area contributed by atoms with Gasteiger partial charge in [0, 0.05) is 17.8 Å². The summed E-state index contributed by atoms with van der Waals surface area (Å²) in [5, 5.41) is 10.7. The molecule has 170 valence electrons. The Hall–Kier alpha value is -0.120. The lowest BCUT2D eigenvalue weighted by Crippen LogP contribution is -2.55. The van der Waals surface area contributed by atoms with E-state index in [1.165, 1.54) is 0 Å². The molecule has 6 rings (SSSR count). The number of ether oxygens (including phenoxy) is 2. The number of hydrogen-bond donors (Lipinski definition) is 1. The highest BCUT2D eigenvalue weighted by Crippen LogP contribution is 2.71. The van der Waals surface area contributed by atoms with Gasteiger partial charge in [0.2, 0.25) is 0 Å². The van der Waals surface area contributed by atoms with Crippen LogP contribution in [0.5, 0.6) is 0 Å². The van der Waals surface area contributed by atoms with Crippen molar-refractivity contribution in [2.75, 3.05) is 6.61 Å². The lowest BCUT2D eigenvalue weighted by Gasteiger charge is -2.61. The molecule has 2 saturated heterocycles. The molecule has 4 aliphatic carbocycles. The second kappa shape index (κ2) is 6.70. The molecule has 4 saturated carbocycles. The van der Waals surface area contributed by atoms with E-state index >= 15 is 0 Å². The van der Waals surface area contributed by atoms with E-state index in [4.69, 9.17) is 16.3 Å². The molecule has 0 aromatic carbocycles. The highest BCUT2D eigenvalue weighted by molar-refractivity contribution is 5.15. The topological polar surface area (TPSA) is 38.7 Å².